The van der Waals surface area contributed by atoms with Gasteiger partial charge in [0.1, 0.15) is 0 Å². The highest BCUT2D eigenvalue weighted by Gasteiger charge is 2.10. The molecule has 0 saturated carbocycles. The lowest BCUT2D eigenvalue weighted by atomic mass is 10.3. The molecule has 0 unspecified atom stereocenters. The summed E-state index contributed by atoms with van der Waals surface area (Å²) < 4.78 is 3.01. The first-order valence-electron chi connectivity index (χ1n) is 4.77. The van der Waals surface area contributed by atoms with Crippen molar-refractivity contribution in [1.82, 2.24) is 5.32 Å². The maximum absolute atomic E-state index is 11.6. The lowest BCUT2D eigenvalue weighted by molar-refractivity contribution is -0.135. The third-order valence-corrected chi connectivity index (χ3v) is 4.16. The molecule has 8 heteroatoms. The molecule has 5 nitrogen and oxygen atoms in total. The monoisotopic (exact) mass is 586 g/mol. The molecule has 0 aliphatic heterocycles. The zero-order valence-corrected chi connectivity index (χ0v) is 15.4. The van der Waals surface area contributed by atoms with Gasteiger partial charge in [0.2, 0.25) is 5.91 Å². The van der Waals surface area contributed by atoms with Gasteiger partial charge in [-0.2, -0.15) is 0 Å². The first-order chi connectivity index (χ1) is 8.40. The minimum atomic E-state index is -0.985. The lowest BCUT2D eigenvalue weighted by Gasteiger charge is -2.10. The van der Waals surface area contributed by atoms with Crippen molar-refractivity contribution in [2.75, 3.05) is 18.4 Å². The Balaban J connectivity index is 2.62. The van der Waals surface area contributed by atoms with Crippen LogP contribution in [0.15, 0.2) is 12.1 Å². The van der Waals surface area contributed by atoms with Crippen LogP contribution in [-0.2, 0) is 9.59 Å². The number of carboxylic acids is 1. The average molecular weight is 586 g/mol. The molecule has 0 radical (unpaired) electrons. The van der Waals surface area contributed by atoms with Gasteiger partial charge < -0.3 is 10.4 Å². The number of rotatable bonds is 5. The number of nitrogens with one attached hydrogen (secondary N) is 2. The molecule has 0 fully saturated rings. The summed E-state index contributed by atoms with van der Waals surface area (Å²) in [5.74, 6) is -1.24. The topological polar surface area (TPSA) is 78.4 Å². The number of halogens is 3. The summed E-state index contributed by atoms with van der Waals surface area (Å²) in [4.78, 5) is 21.9. The Labute approximate surface area is 145 Å². The molecule has 0 aliphatic carbocycles. The van der Waals surface area contributed by atoms with E-state index in [0.717, 1.165) is 16.4 Å². The molecule has 0 spiro atoms. The molecule has 98 valence electrons. The Morgan fingerprint density at radius 1 is 1.11 bits per heavy atom. The van der Waals surface area contributed by atoms with Gasteiger partial charge in [0, 0.05) is 10.7 Å². The van der Waals surface area contributed by atoms with Crippen molar-refractivity contribution in [3.05, 3.63) is 22.8 Å². The van der Waals surface area contributed by atoms with Crippen LogP contribution in [0.25, 0.3) is 0 Å². The maximum atomic E-state index is 11.6. The van der Waals surface area contributed by atoms with Crippen LogP contribution in [0.1, 0.15) is 0 Å². The van der Waals surface area contributed by atoms with E-state index in [4.69, 9.17) is 5.11 Å². The molecule has 1 aromatic rings. The van der Waals surface area contributed by atoms with Crippen LogP contribution in [0.5, 0.6) is 0 Å². The summed E-state index contributed by atoms with van der Waals surface area (Å²) in [6, 6.07) is 3.92. The number of carbonyl (C=O) groups is 2. The molecule has 0 bridgehead atoms. The van der Waals surface area contributed by atoms with Crippen LogP contribution in [0.3, 0.4) is 0 Å². The van der Waals surface area contributed by atoms with E-state index in [1.165, 1.54) is 0 Å². The molecule has 0 aliphatic rings. The molecule has 1 aromatic carbocycles. The fourth-order valence-electron chi connectivity index (χ4n) is 1.13. The Bertz CT molecular complexity index is 456. The Kier molecular flexibility index (Phi) is 7.08. The second-order valence-corrected chi connectivity index (χ2v) is 6.86. The number of benzene rings is 1. The van der Waals surface area contributed by atoms with Gasteiger partial charge in [0.05, 0.1) is 18.8 Å². The fraction of sp³-hybridized carbons (Fsp3) is 0.200. The number of amides is 1. The quantitative estimate of drug-likeness (QED) is 0.463. The number of carbonyl (C=O) groups excluding carboxylic acids is 1. The van der Waals surface area contributed by atoms with Gasteiger partial charge >= 0.3 is 5.97 Å². The van der Waals surface area contributed by atoms with Crippen LogP contribution in [-0.4, -0.2) is 30.1 Å². The van der Waals surface area contributed by atoms with Crippen molar-refractivity contribution < 1.29 is 14.7 Å². The van der Waals surface area contributed by atoms with Crippen LogP contribution in [0.2, 0.25) is 0 Å². The van der Waals surface area contributed by atoms with Crippen LogP contribution in [0.4, 0.5) is 5.69 Å². The number of aliphatic carboxylic acids is 1. The molecular formula is C10H9I3N2O3. The van der Waals surface area contributed by atoms with Crippen molar-refractivity contribution in [3.63, 3.8) is 0 Å². The van der Waals surface area contributed by atoms with Crippen LogP contribution >= 0.6 is 67.8 Å². The highest BCUT2D eigenvalue weighted by Crippen LogP contribution is 2.27. The summed E-state index contributed by atoms with van der Waals surface area (Å²) >= 11 is 6.52. The molecule has 0 saturated heterocycles. The molecule has 0 aromatic heterocycles. The zero-order valence-electron chi connectivity index (χ0n) is 8.97. The highest BCUT2D eigenvalue weighted by atomic mass is 127. The van der Waals surface area contributed by atoms with E-state index in [1.54, 1.807) is 0 Å². The van der Waals surface area contributed by atoms with Gasteiger partial charge in [-0.1, -0.05) is 0 Å². The van der Waals surface area contributed by atoms with Gasteiger partial charge in [-0.05, 0) is 79.9 Å². The summed E-state index contributed by atoms with van der Waals surface area (Å²) in [5.41, 5.74) is 0.763. The molecule has 1 rings (SSSR count). The van der Waals surface area contributed by atoms with E-state index >= 15 is 0 Å². The molecular weight excluding hydrogens is 577 g/mol. The first-order valence-corrected chi connectivity index (χ1v) is 8.00. The van der Waals surface area contributed by atoms with E-state index in [2.05, 4.69) is 78.4 Å². The summed E-state index contributed by atoms with van der Waals surface area (Å²) in [6.07, 6.45) is 0. The summed E-state index contributed by atoms with van der Waals surface area (Å²) in [6.45, 7) is -0.251. The van der Waals surface area contributed by atoms with E-state index in [0.29, 0.717) is 0 Å². The van der Waals surface area contributed by atoms with Crippen molar-refractivity contribution in [2.24, 2.45) is 0 Å². The maximum Gasteiger partial charge on any atom is 0.317 e. The second-order valence-electron chi connectivity index (χ2n) is 3.29. The van der Waals surface area contributed by atoms with E-state index in [9.17, 15) is 9.59 Å². The van der Waals surface area contributed by atoms with E-state index in [1.807, 2.05) is 12.1 Å². The average Bonchev–Trinajstić information content (AvgIpc) is 2.22. The minimum absolute atomic E-state index is 0.0234. The predicted octanol–water partition coefficient (Wildman–Crippen LogP) is 2.11. The van der Waals surface area contributed by atoms with Gasteiger partial charge in [-0.25, -0.2) is 0 Å². The summed E-state index contributed by atoms with van der Waals surface area (Å²) in [5, 5.41) is 13.7. The van der Waals surface area contributed by atoms with Crippen LogP contribution < -0.4 is 10.6 Å². The zero-order chi connectivity index (χ0) is 13.7. The predicted molar refractivity (Wildman–Crippen MR) is 93.7 cm³/mol. The Hall–Kier alpha value is 0.310. The van der Waals surface area contributed by atoms with Crippen molar-refractivity contribution in [3.8, 4) is 0 Å². The fourth-order valence-corrected chi connectivity index (χ4v) is 4.98. The van der Waals surface area contributed by atoms with E-state index in [-0.39, 0.29) is 19.0 Å². The normalized spacial score (nSPS) is 10.2. The Morgan fingerprint density at radius 3 is 2.17 bits per heavy atom. The molecule has 1 amide bonds. The van der Waals surface area contributed by atoms with Crippen molar-refractivity contribution >= 4 is 85.3 Å². The number of carboxylic acid groups (broad SMARTS) is 1. The third kappa shape index (κ3) is 5.52. The summed E-state index contributed by atoms with van der Waals surface area (Å²) in [7, 11) is 0. The molecule has 18 heavy (non-hydrogen) atoms. The standard InChI is InChI=1S/C10H9I3N2O3/c11-5-1-6(12)10(7(13)2-5)15-8(16)3-14-4-9(17)18/h1-2,14H,3-4H2,(H,15,16)(H,17,18). The third-order valence-electron chi connectivity index (χ3n) is 1.83. The van der Waals surface area contributed by atoms with Gasteiger partial charge in [-0.3, -0.25) is 14.9 Å². The first kappa shape index (κ1) is 16.4. The lowest BCUT2D eigenvalue weighted by Crippen LogP contribution is -2.32. The largest absolute Gasteiger partial charge is 0.480 e. The molecule has 3 N–H and O–H groups in total. The van der Waals surface area contributed by atoms with Gasteiger partial charge in [0.15, 0.2) is 0 Å². The van der Waals surface area contributed by atoms with Gasteiger partial charge in [0.25, 0.3) is 0 Å². The number of hydrogen-bond donors (Lipinski definition) is 3. The van der Waals surface area contributed by atoms with Crippen LogP contribution in [0, 0.1) is 10.7 Å². The molecule has 0 atom stereocenters. The number of hydrogen-bond acceptors (Lipinski definition) is 3. The van der Waals surface area contributed by atoms with E-state index < -0.39 is 5.97 Å². The highest BCUT2D eigenvalue weighted by molar-refractivity contribution is 14.1. The Morgan fingerprint density at radius 2 is 1.67 bits per heavy atom. The molecule has 0 heterocycles. The second kappa shape index (κ2) is 7.79. The minimum Gasteiger partial charge on any atom is -0.480 e. The SMILES string of the molecule is O=C(O)CNCC(=O)Nc1c(I)cc(I)cc1I. The van der Waals surface area contributed by atoms with Crippen molar-refractivity contribution in [2.45, 2.75) is 0 Å². The number of anilines is 1. The van der Waals surface area contributed by atoms with Crippen molar-refractivity contribution in [1.29, 1.82) is 0 Å². The smallest absolute Gasteiger partial charge is 0.317 e. The van der Waals surface area contributed by atoms with Gasteiger partial charge in [-0.15, -0.1) is 0 Å².